The Labute approximate surface area is 209 Å². The molecule has 2 bridgehead atoms. The average molecular weight is 480 g/mol. The molecule has 0 radical (unpaired) electrons. The van der Waals surface area contributed by atoms with Crippen molar-refractivity contribution in [2.45, 2.75) is 103 Å². The van der Waals surface area contributed by atoms with Gasteiger partial charge in [-0.1, -0.05) is 39.0 Å². The van der Waals surface area contributed by atoms with E-state index in [1.165, 1.54) is 29.2 Å². The fourth-order valence-electron chi connectivity index (χ4n) is 6.87. The van der Waals surface area contributed by atoms with Gasteiger partial charge in [-0.2, -0.15) is 0 Å². The summed E-state index contributed by atoms with van der Waals surface area (Å²) in [4.78, 5) is 11.7. The van der Waals surface area contributed by atoms with Gasteiger partial charge in [0.25, 0.3) is 0 Å². The Bertz CT molecular complexity index is 1070. The van der Waals surface area contributed by atoms with Crippen molar-refractivity contribution in [2.24, 2.45) is 16.7 Å². The summed E-state index contributed by atoms with van der Waals surface area (Å²) < 4.78 is 6.37. The lowest BCUT2D eigenvalue weighted by atomic mass is 9.55. The van der Waals surface area contributed by atoms with Crippen LogP contribution in [-0.4, -0.2) is 33.9 Å². The van der Waals surface area contributed by atoms with Crippen molar-refractivity contribution >= 4 is 16.7 Å². The number of hydrogen-bond acceptors (Lipinski definition) is 4. The molecule has 2 aromatic rings. The Hall–Kier alpha value is -2.11. The summed E-state index contributed by atoms with van der Waals surface area (Å²) in [7, 11) is 0. The maximum absolute atomic E-state index is 11.7. The number of carboxylic acids is 1. The average Bonchev–Trinajstić information content (AvgIpc) is 2.83. The van der Waals surface area contributed by atoms with E-state index in [0.29, 0.717) is 30.8 Å². The summed E-state index contributed by atoms with van der Waals surface area (Å²) in [5, 5.41) is 26.3. The van der Waals surface area contributed by atoms with E-state index < -0.39 is 17.5 Å². The molecule has 0 heterocycles. The first kappa shape index (κ1) is 24.6. The van der Waals surface area contributed by atoms with Crippen molar-refractivity contribution in [3.05, 3.63) is 42.0 Å². The number of aliphatic hydroxyl groups excluding tert-OH is 1. The quantitative estimate of drug-likeness (QED) is 0.469. The van der Waals surface area contributed by atoms with E-state index in [4.69, 9.17) is 4.74 Å². The van der Waals surface area contributed by atoms with Gasteiger partial charge in [0, 0.05) is 12.1 Å². The van der Waals surface area contributed by atoms with Gasteiger partial charge >= 0.3 is 5.97 Å². The number of carboxylic acid groups (broad SMARTS) is 1. The molecule has 4 aliphatic rings. The van der Waals surface area contributed by atoms with Crippen LogP contribution in [0.2, 0.25) is 0 Å². The van der Waals surface area contributed by atoms with Crippen molar-refractivity contribution < 1.29 is 19.7 Å². The third-order valence-electron chi connectivity index (χ3n) is 9.49. The van der Waals surface area contributed by atoms with E-state index in [-0.39, 0.29) is 5.54 Å². The van der Waals surface area contributed by atoms with Gasteiger partial charge < -0.3 is 20.3 Å². The van der Waals surface area contributed by atoms with Crippen LogP contribution < -0.4 is 10.1 Å². The SMILES string of the molecule is CC(C)(C)C1CCC(Oc2ccc3cc(CNC45CCC(C(=O)O)(CC4)C(O)C5)ccc3c2)CC1. The molecule has 1 unspecified atom stereocenters. The second-order valence-electron chi connectivity index (χ2n) is 12.6. The summed E-state index contributed by atoms with van der Waals surface area (Å²) in [6.07, 6.45) is 7.54. The second-order valence-corrected chi connectivity index (χ2v) is 12.6. The molecule has 0 aromatic heterocycles. The summed E-state index contributed by atoms with van der Waals surface area (Å²) in [6, 6.07) is 13.0. The molecule has 35 heavy (non-hydrogen) atoms. The zero-order chi connectivity index (χ0) is 24.8. The second kappa shape index (κ2) is 9.08. The molecule has 0 aliphatic heterocycles. The molecule has 2 aromatic carbocycles. The maximum Gasteiger partial charge on any atom is 0.312 e. The van der Waals surface area contributed by atoms with Crippen LogP contribution in [0.1, 0.15) is 84.1 Å². The molecule has 4 saturated carbocycles. The minimum absolute atomic E-state index is 0.157. The number of rotatable bonds is 6. The third kappa shape index (κ3) is 4.82. The fraction of sp³-hybridized carbons (Fsp3) is 0.633. The summed E-state index contributed by atoms with van der Waals surface area (Å²) in [5.41, 5.74) is 0.501. The van der Waals surface area contributed by atoms with Crippen LogP contribution in [0.4, 0.5) is 0 Å². The summed E-state index contributed by atoms with van der Waals surface area (Å²) in [5.74, 6) is 0.909. The summed E-state index contributed by atoms with van der Waals surface area (Å²) >= 11 is 0. The van der Waals surface area contributed by atoms with Crippen molar-refractivity contribution in [3.63, 3.8) is 0 Å². The van der Waals surface area contributed by atoms with Crippen LogP contribution in [0.15, 0.2) is 36.4 Å². The highest BCUT2D eigenvalue weighted by atomic mass is 16.5. The molecule has 5 heteroatoms. The number of fused-ring (bicyclic) bond motifs is 4. The van der Waals surface area contributed by atoms with Crippen LogP contribution in [0.3, 0.4) is 0 Å². The predicted octanol–water partition coefficient (Wildman–Crippen LogP) is 6.06. The predicted molar refractivity (Wildman–Crippen MR) is 139 cm³/mol. The molecule has 5 nitrogen and oxygen atoms in total. The Morgan fingerprint density at radius 3 is 2.29 bits per heavy atom. The monoisotopic (exact) mass is 479 g/mol. The highest BCUT2D eigenvalue weighted by molar-refractivity contribution is 5.84. The molecular weight excluding hydrogens is 438 g/mol. The molecule has 190 valence electrons. The molecule has 0 spiro atoms. The van der Waals surface area contributed by atoms with E-state index >= 15 is 0 Å². The molecule has 4 aliphatic carbocycles. The van der Waals surface area contributed by atoms with Crippen molar-refractivity contribution in [3.8, 4) is 5.75 Å². The van der Waals surface area contributed by atoms with Gasteiger partial charge in [0.15, 0.2) is 0 Å². The van der Waals surface area contributed by atoms with E-state index in [1.807, 2.05) is 0 Å². The van der Waals surface area contributed by atoms with Gasteiger partial charge in [0.2, 0.25) is 0 Å². The first-order valence-electron chi connectivity index (χ1n) is 13.4. The van der Waals surface area contributed by atoms with Crippen LogP contribution >= 0.6 is 0 Å². The minimum Gasteiger partial charge on any atom is -0.490 e. The van der Waals surface area contributed by atoms with Gasteiger partial charge in [0.05, 0.1) is 17.6 Å². The first-order chi connectivity index (χ1) is 16.6. The lowest BCUT2D eigenvalue weighted by molar-refractivity contribution is -0.172. The molecule has 0 amide bonds. The highest BCUT2D eigenvalue weighted by Gasteiger charge is 2.57. The number of hydrogen-bond donors (Lipinski definition) is 3. The molecule has 1 atom stereocenters. The normalized spacial score (nSPS) is 33.1. The van der Waals surface area contributed by atoms with E-state index in [1.54, 1.807) is 0 Å². The van der Waals surface area contributed by atoms with Crippen molar-refractivity contribution in [1.29, 1.82) is 0 Å². The number of aliphatic hydroxyl groups is 1. The first-order valence-corrected chi connectivity index (χ1v) is 13.4. The number of ether oxygens (including phenoxy) is 1. The molecule has 0 saturated heterocycles. The zero-order valence-electron chi connectivity index (χ0n) is 21.5. The Morgan fingerprint density at radius 2 is 1.66 bits per heavy atom. The Balaban J connectivity index is 1.19. The van der Waals surface area contributed by atoms with Gasteiger partial charge in [-0.05, 0) is 104 Å². The van der Waals surface area contributed by atoms with E-state index in [0.717, 1.165) is 43.9 Å². The van der Waals surface area contributed by atoms with Gasteiger partial charge in [-0.25, -0.2) is 0 Å². The van der Waals surface area contributed by atoms with Crippen LogP contribution in [0.5, 0.6) is 5.75 Å². The summed E-state index contributed by atoms with van der Waals surface area (Å²) in [6.45, 7) is 7.77. The molecular formula is C30H41NO4. The third-order valence-corrected chi connectivity index (χ3v) is 9.49. The Kier molecular flexibility index (Phi) is 6.38. The minimum atomic E-state index is -0.932. The van der Waals surface area contributed by atoms with Gasteiger partial charge in [-0.3, -0.25) is 4.79 Å². The van der Waals surface area contributed by atoms with Gasteiger partial charge in [-0.15, -0.1) is 0 Å². The largest absolute Gasteiger partial charge is 0.490 e. The molecule has 6 rings (SSSR count). The number of aliphatic carboxylic acids is 1. The van der Waals surface area contributed by atoms with Crippen LogP contribution in [0, 0.1) is 16.7 Å². The maximum atomic E-state index is 11.7. The van der Waals surface area contributed by atoms with Crippen LogP contribution in [-0.2, 0) is 11.3 Å². The Morgan fingerprint density at radius 1 is 1.00 bits per heavy atom. The lowest BCUT2D eigenvalue weighted by Crippen LogP contribution is -2.62. The number of benzene rings is 2. The number of carbonyl (C=O) groups is 1. The number of nitrogens with one attached hydrogen (secondary N) is 1. The van der Waals surface area contributed by atoms with Gasteiger partial charge in [0.1, 0.15) is 5.75 Å². The van der Waals surface area contributed by atoms with Crippen molar-refractivity contribution in [1.82, 2.24) is 5.32 Å². The fourth-order valence-corrected chi connectivity index (χ4v) is 6.87. The smallest absolute Gasteiger partial charge is 0.312 e. The standard InChI is InChI=1S/C30H41NO4/c1-28(2,3)23-7-10-24(11-8-23)35-25-9-6-21-16-20(4-5-22(21)17-25)19-31-29-12-14-30(15-13-29,27(33)34)26(32)18-29/h4-6,9,16-17,23-24,26,31-32H,7-8,10-15,18-19H2,1-3H3,(H,33,34). The van der Waals surface area contributed by atoms with E-state index in [2.05, 4.69) is 62.5 Å². The van der Waals surface area contributed by atoms with Crippen molar-refractivity contribution in [2.75, 3.05) is 0 Å². The van der Waals surface area contributed by atoms with E-state index in [9.17, 15) is 15.0 Å². The molecule has 3 N–H and O–H groups in total. The lowest BCUT2D eigenvalue weighted by Gasteiger charge is -2.54. The van der Waals surface area contributed by atoms with Crippen LogP contribution in [0.25, 0.3) is 10.8 Å². The molecule has 4 fully saturated rings. The zero-order valence-corrected chi connectivity index (χ0v) is 21.5. The topological polar surface area (TPSA) is 78.8 Å². The highest BCUT2D eigenvalue weighted by Crippen LogP contribution is 2.52.